The van der Waals surface area contributed by atoms with E-state index < -0.39 is 0 Å². The molecule has 4 aromatic rings. The number of nitrogens with two attached hydrogens (primary N) is 1. The number of rotatable bonds is 5. The van der Waals surface area contributed by atoms with Crippen molar-refractivity contribution in [2.24, 2.45) is 5.73 Å². The molecular weight excluding hydrogens is 352 g/mol. The van der Waals surface area contributed by atoms with Crippen LogP contribution in [0, 0.1) is 0 Å². The van der Waals surface area contributed by atoms with Gasteiger partial charge in [-0.15, -0.1) is 0 Å². The number of imidazole rings is 1. The minimum absolute atomic E-state index is 0.409. The fraction of sp³-hybridized carbons (Fsp3) is 0.0455. The van der Waals surface area contributed by atoms with E-state index in [0.29, 0.717) is 11.5 Å². The van der Waals surface area contributed by atoms with Crippen LogP contribution in [0.3, 0.4) is 0 Å². The average molecular weight is 370 g/mol. The molecule has 0 aliphatic rings. The topological polar surface area (TPSA) is 56.7 Å². The summed E-state index contributed by atoms with van der Waals surface area (Å²) >= 11 is 5.18. The number of thiocarbonyl (C=S) groups is 1. The molecule has 0 saturated carbocycles. The van der Waals surface area contributed by atoms with Crippen LogP contribution in [0.25, 0.3) is 22.6 Å². The van der Waals surface area contributed by atoms with Gasteiger partial charge in [-0.05, 0) is 17.7 Å². The van der Waals surface area contributed by atoms with Crippen LogP contribution >= 0.6 is 12.2 Å². The second-order valence-corrected chi connectivity index (χ2v) is 6.63. The van der Waals surface area contributed by atoms with E-state index in [1.165, 1.54) is 0 Å². The van der Waals surface area contributed by atoms with E-state index in [1.807, 2.05) is 54.9 Å². The summed E-state index contributed by atoms with van der Waals surface area (Å²) in [5, 5.41) is 0. The highest BCUT2D eigenvalue weighted by Gasteiger charge is 2.10. The van der Waals surface area contributed by atoms with E-state index in [4.69, 9.17) is 18.0 Å². The predicted molar refractivity (Wildman–Crippen MR) is 112 cm³/mol. The van der Waals surface area contributed by atoms with Crippen molar-refractivity contribution in [1.29, 1.82) is 0 Å². The van der Waals surface area contributed by atoms with Crippen LogP contribution in [0.1, 0.15) is 11.1 Å². The highest BCUT2D eigenvalue weighted by Crippen LogP contribution is 2.24. The monoisotopic (exact) mass is 370 g/mol. The summed E-state index contributed by atoms with van der Waals surface area (Å²) in [5.41, 5.74) is 10.9. The lowest BCUT2D eigenvalue weighted by Crippen LogP contribution is -2.14. The molecule has 0 unspecified atom stereocenters. The van der Waals surface area contributed by atoms with Gasteiger partial charge in [0, 0.05) is 41.8 Å². The fourth-order valence-corrected chi connectivity index (χ4v) is 3.30. The highest BCUT2D eigenvalue weighted by molar-refractivity contribution is 7.80. The molecule has 0 amide bonds. The van der Waals surface area contributed by atoms with E-state index in [2.05, 4.69) is 38.8 Å². The molecule has 0 spiro atoms. The summed E-state index contributed by atoms with van der Waals surface area (Å²) < 4.78 is 2.10. The predicted octanol–water partition coefficient (Wildman–Crippen LogP) is 4.29. The first kappa shape index (κ1) is 17.1. The van der Waals surface area contributed by atoms with Crippen molar-refractivity contribution in [3.05, 3.63) is 96.4 Å². The van der Waals surface area contributed by atoms with Crippen LogP contribution in [-0.4, -0.2) is 19.5 Å². The normalized spacial score (nSPS) is 10.7. The van der Waals surface area contributed by atoms with Gasteiger partial charge in [0.2, 0.25) is 0 Å². The van der Waals surface area contributed by atoms with Crippen LogP contribution in [0.2, 0.25) is 0 Å². The zero-order chi connectivity index (χ0) is 18.6. The molecule has 2 heterocycles. The molecule has 4 rings (SSSR count). The summed E-state index contributed by atoms with van der Waals surface area (Å²) in [6.45, 7) is 0.658. The molecule has 2 N–H and O–H groups in total. The standard InChI is InChI=1S/C22H18N4S/c23-21(27)19-6-2-1-5-18(19)15-26-14-13-25-22(26)17-10-8-16(9-11-17)20-7-3-4-12-24-20/h1-14H,15H2,(H2,23,27). The first-order valence-electron chi connectivity index (χ1n) is 8.63. The van der Waals surface area contributed by atoms with Crippen molar-refractivity contribution in [1.82, 2.24) is 14.5 Å². The third-order valence-corrected chi connectivity index (χ3v) is 4.66. The maximum Gasteiger partial charge on any atom is 0.140 e. The van der Waals surface area contributed by atoms with Crippen molar-refractivity contribution in [3.63, 3.8) is 0 Å². The van der Waals surface area contributed by atoms with E-state index >= 15 is 0 Å². The Labute approximate surface area is 163 Å². The van der Waals surface area contributed by atoms with Crippen LogP contribution < -0.4 is 5.73 Å². The first-order valence-corrected chi connectivity index (χ1v) is 9.04. The second kappa shape index (κ2) is 7.51. The minimum Gasteiger partial charge on any atom is -0.389 e. The number of pyridine rings is 1. The lowest BCUT2D eigenvalue weighted by molar-refractivity contribution is 0.806. The maximum atomic E-state index is 5.87. The first-order chi connectivity index (χ1) is 13.2. The fourth-order valence-electron chi connectivity index (χ4n) is 3.10. The van der Waals surface area contributed by atoms with E-state index in [0.717, 1.165) is 33.8 Å². The van der Waals surface area contributed by atoms with Gasteiger partial charge in [0.1, 0.15) is 10.8 Å². The maximum absolute atomic E-state index is 5.87. The summed E-state index contributed by atoms with van der Waals surface area (Å²) in [4.78, 5) is 9.35. The van der Waals surface area contributed by atoms with Gasteiger partial charge in [-0.25, -0.2) is 4.98 Å². The van der Waals surface area contributed by atoms with Gasteiger partial charge in [-0.1, -0.05) is 66.8 Å². The van der Waals surface area contributed by atoms with Crippen molar-refractivity contribution < 1.29 is 0 Å². The van der Waals surface area contributed by atoms with Crippen LogP contribution in [-0.2, 0) is 6.54 Å². The Morgan fingerprint density at radius 3 is 2.33 bits per heavy atom. The van der Waals surface area contributed by atoms with Crippen molar-refractivity contribution in [2.45, 2.75) is 6.54 Å². The summed E-state index contributed by atoms with van der Waals surface area (Å²) in [7, 11) is 0. The Hall–Kier alpha value is -3.31. The molecule has 27 heavy (non-hydrogen) atoms. The molecule has 0 bridgehead atoms. The minimum atomic E-state index is 0.409. The van der Waals surface area contributed by atoms with Crippen LogP contribution in [0.5, 0.6) is 0 Å². The van der Waals surface area contributed by atoms with Gasteiger partial charge in [0.25, 0.3) is 0 Å². The lowest BCUT2D eigenvalue weighted by atomic mass is 10.1. The van der Waals surface area contributed by atoms with Crippen molar-refractivity contribution in [2.75, 3.05) is 0 Å². The molecule has 2 aromatic heterocycles. The SMILES string of the molecule is NC(=S)c1ccccc1Cn1ccnc1-c1ccc(-c2ccccn2)cc1. The Kier molecular flexibility index (Phi) is 4.77. The molecule has 0 aliphatic carbocycles. The van der Waals surface area contributed by atoms with Gasteiger partial charge in [0.05, 0.1) is 5.69 Å². The quantitative estimate of drug-likeness (QED) is 0.532. The van der Waals surface area contributed by atoms with Crippen molar-refractivity contribution in [3.8, 4) is 22.6 Å². The molecule has 0 aliphatic heterocycles. The Bertz CT molecular complexity index is 1070. The molecular formula is C22H18N4S. The van der Waals surface area contributed by atoms with Crippen LogP contribution in [0.4, 0.5) is 0 Å². The van der Waals surface area contributed by atoms with Gasteiger partial charge in [-0.2, -0.15) is 0 Å². The third-order valence-electron chi connectivity index (χ3n) is 4.44. The van der Waals surface area contributed by atoms with Gasteiger partial charge in [0.15, 0.2) is 0 Å². The highest BCUT2D eigenvalue weighted by atomic mass is 32.1. The number of nitrogens with zero attached hydrogens (tertiary/aromatic N) is 3. The van der Waals surface area contributed by atoms with E-state index in [9.17, 15) is 0 Å². The number of hydrogen-bond donors (Lipinski definition) is 1. The average Bonchev–Trinajstić information content (AvgIpc) is 3.17. The van der Waals surface area contributed by atoms with Crippen molar-refractivity contribution >= 4 is 17.2 Å². The van der Waals surface area contributed by atoms with E-state index in [-0.39, 0.29) is 0 Å². The Morgan fingerprint density at radius 1 is 0.852 bits per heavy atom. The molecule has 4 nitrogen and oxygen atoms in total. The zero-order valence-corrected chi connectivity index (χ0v) is 15.4. The zero-order valence-electron chi connectivity index (χ0n) is 14.6. The molecule has 132 valence electrons. The van der Waals surface area contributed by atoms with E-state index in [1.54, 1.807) is 6.20 Å². The smallest absolute Gasteiger partial charge is 0.140 e. The Morgan fingerprint density at radius 2 is 1.59 bits per heavy atom. The summed E-state index contributed by atoms with van der Waals surface area (Å²) in [5.74, 6) is 0.903. The summed E-state index contributed by atoms with van der Waals surface area (Å²) in [6.07, 6.45) is 5.58. The molecule has 0 atom stereocenters. The molecule has 0 saturated heterocycles. The molecule has 2 aromatic carbocycles. The molecule has 0 radical (unpaired) electrons. The van der Waals surface area contributed by atoms with Gasteiger partial charge in [-0.3, -0.25) is 4.98 Å². The van der Waals surface area contributed by atoms with Gasteiger partial charge >= 0.3 is 0 Å². The second-order valence-electron chi connectivity index (χ2n) is 6.19. The molecule has 0 fully saturated rings. The number of hydrogen-bond acceptors (Lipinski definition) is 3. The lowest BCUT2D eigenvalue weighted by Gasteiger charge is -2.12. The number of aromatic nitrogens is 3. The molecule has 5 heteroatoms. The third kappa shape index (κ3) is 3.64. The van der Waals surface area contributed by atoms with Crippen LogP contribution in [0.15, 0.2) is 85.3 Å². The number of benzene rings is 2. The Balaban J connectivity index is 1.64. The largest absolute Gasteiger partial charge is 0.389 e. The van der Waals surface area contributed by atoms with Gasteiger partial charge < -0.3 is 10.3 Å². The summed E-state index contributed by atoms with van der Waals surface area (Å²) in [6, 6.07) is 22.1.